The maximum absolute atomic E-state index is 5.55. The molecule has 0 fully saturated rings. The number of rotatable bonds is 5. The van der Waals surface area contributed by atoms with Crippen LogP contribution < -0.4 is 5.73 Å². The second kappa shape index (κ2) is 5.60. The first-order valence-electron chi connectivity index (χ1n) is 5.35. The van der Waals surface area contributed by atoms with Crippen LogP contribution in [0.2, 0.25) is 0 Å². The van der Waals surface area contributed by atoms with Crippen molar-refractivity contribution in [1.29, 1.82) is 0 Å². The molecule has 0 atom stereocenters. The lowest BCUT2D eigenvalue weighted by atomic mass is 10.3. The predicted octanol–water partition coefficient (Wildman–Crippen LogP) is 0.647. The molecule has 0 saturated carbocycles. The quantitative estimate of drug-likeness (QED) is 0.771. The van der Waals surface area contributed by atoms with E-state index in [0.717, 1.165) is 31.9 Å². The fourth-order valence-electron chi connectivity index (χ4n) is 1.47. The Bertz CT molecular complexity index is 288. The van der Waals surface area contributed by atoms with Crippen molar-refractivity contribution in [2.24, 2.45) is 0 Å². The highest BCUT2D eigenvalue weighted by atomic mass is 15.1. The zero-order valence-electron chi connectivity index (χ0n) is 9.69. The second-order valence-corrected chi connectivity index (χ2v) is 3.43. The molecule has 2 N–H and O–H groups in total. The Hall–Kier alpha value is -1.23. The van der Waals surface area contributed by atoms with Crippen molar-refractivity contribution in [2.75, 3.05) is 25.4 Å². The van der Waals surface area contributed by atoms with Crippen LogP contribution in [-0.2, 0) is 6.42 Å². The first-order chi connectivity index (χ1) is 7.15. The summed E-state index contributed by atoms with van der Waals surface area (Å²) in [5.41, 5.74) is 5.55. The number of aromatic nitrogens is 3. The fraction of sp³-hybridized carbons (Fsp3) is 0.700. The average Bonchev–Trinajstić information content (AvgIpc) is 2.18. The summed E-state index contributed by atoms with van der Waals surface area (Å²) in [5, 5.41) is 0. The van der Waals surface area contributed by atoms with Gasteiger partial charge in [-0.05, 0) is 20.0 Å². The van der Waals surface area contributed by atoms with Gasteiger partial charge in [-0.3, -0.25) is 0 Å². The third kappa shape index (κ3) is 3.79. The molecule has 0 bridgehead atoms. The monoisotopic (exact) mass is 209 g/mol. The zero-order chi connectivity index (χ0) is 11.3. The minimum absolute atomic E-state index is 0.317. The minimum atomic E-state index is 0.317. The van der Waals surface area contributed by atoms with Crippen LogP contribution in [-0.4, -0.2) is 39.5 Å². The van der Waals surface area contributed by atoms with Gasteiger partial charge in [0.25, 0.3) is 0 Å². The van der Waals surface area contributed by atoms with Gasteiger partial charge in [0, 0.05) is 13.0 Å². The Morgan fingerprint density at radius 1 is 1.13 bits per heavy atom. The lowest BCUT2D eigenvalue weighted by molar-refractivity contribution is 0.305. The van der Waals surface area contributed by atoms with Gasteiger partial charge in [-0.1, -0.05) is 13.8 Å². The van der Waals surface area contributed by atoms with Crippen molar-refractivity contribution >= 4 is 5.95 Å². The Kier molecular flexibility index (Phi) is 4.42. The average molecular weight is 209 g/mol. The van der Waals surface area contributed by atoms with Gasteiger partial charge in [-0.2, -0.15) is 9.97 Å². The summed E-state index contributed by atoms with van der Waals surface area (Å²) >= 11 is 0. The van der Waals surface area contributed by atoms with Crippen LogP contribution in [0.15, 0.2) is 0 Å². The molecule has 0 aliphatic carbocycles. The Morgan fingerprint density at radius 2 is 1.80 bits per heavy atom. The largest absolute Gasteiger partial charge is 0.368 e. The van der Waals surface area contributed by atoms with E-state index >= 15 is 0 Å². The van der Waals surface area contributed by atoms with Crippen molar-refractivity contribution in [3.63, 3.8) is 0 Å². The first-order valence-corrected chi connectivity index (χ1v) is 5.35. The third-order valence-corrected chi connectivity index (χ3v) is 2.36. The molecule has 0 radical (unpaired) electrons. The molecular weight excluding hydrogens is 190 g/mol. The molecule has 0 unspecified atom stereocenters. The number of nitrogens with zero attached hydrogens (tertiary/aromatic N) is 4. The smallest absolute Gasteiger partial charge is 0.223 e. The highest BCUT2D eigenvalue weighted by Gasteiger charge is 2.04. The molecule has 1 heterocycles. The summed E-state index contributed by atoms with van der Waals surface area (Å²) in [7, 11) is 0. The standard InChI is InChI=1S/C10H19N5/c1-4-15(5-2)7-6-9-12-8(3)13-10(11)14-9/h4-7H2,1-3H3,(H2,11,12,13,14). The highest BCUT2D eigenvalue weighted by Crippen LogP contribution is 1.99. The van der Waals surface area contributed by atoms with Gasteiger partial charge in [-0.15, -0.1) is 0 Å². The maximum atomic E-state index is 5.55. The molecule has 84 valence electrons. The van der Waals surface area contributed by atoms with Gasteiger partial charge in [0.2, 0.25) is 5.95 Å². The molecule has 5 heteroatoms. The fourth-order valence-corrected chi connectivity index (χ4v) is 1.47. The summed E-state index contributed by atoms with van der Waals surface area (Å²) in [5.74, 6) is 1.79. The molecule has 0 aliphatic heterocycles. The van der Waals surface area contributed by atoms with Crippen LogP contribution in [0, 0.1) is 6.92 Å². The normalized spacial score (nSPS) is 10.9. The molecule has 15 heavy (non-hydrogen) atoms. The number of nitrogens with two attached hydrogens (primary N) is 1. The van der Waals surface area contributed by atoms with Gasteiger partial charge in [0.1, 0.15) is 11.6 Å². The molecule has 1 aromatic rings. The molecule has 0 amide bonds. The minimum Gasteiger partial charge on any atom is -0.368 e. The number of likely N-dealkylation sites (N-methyl/N-ethyl adjacent to an activating group) is 1. The van der Waals surface area contributed by atoms with E-state index in [-0.39, 0.29) is 0 Å². The predicted molar refractivity (Wildman–Crippen MR) is 60.5 cm³/mol. The van der Waals surface area contributed by atoms with E-state index in [0.29, 0.717) is 11.8 Å². The lowest BCUT2D eigenvalue weighted by Gasteiger charge is -2.16. The summed E-state index contributed by atoms with van der Waals surface area (Å²) in [6.07, 6.45) is 0.829. The van der Waals surface area contributed by atoms with Crippen LogP contribution in [0.25, 0.3) is 0 Å². The molecule has 1 aromatic heterocycles. The summed E-state index contributed by atoms with van der Waals surface area (Å²) in [6, 6.07) is 0. The van der Waals surface area contributed by atoms with Crippen LogP contribution in [0.5, 0.6) is 0 Å². The van der Waals surface area contributed by atoms with Crippen LogP contribution >= 0.6 is 0 Å². The van der Waals surface area contributed by atoms with Crippen LogP contribution in [0.3, 0.4) is 0 Å². The van der Waals surface area contributed by atoms with Crippen molar-refractivity contribution in [1.82, 2.24) is 19.9 Å². The van der Waals surface area contributed by atoms with E-state index in [2.05, 4.69) is 33.7 Å². The van der Waals surface area contributed by atoms with Crippen molar-refractivity contribution in [3.8, 4) is 0 Å². The summed E-state index contributed by atoms with van der Waals surface area (Å²) < 4.78 is 0. The van der Waals surface area contributed by atoms with E-state index in [1.807, 2.05) is 6.92 Å². The number of hydrogen-bond donors (Lipinski definition) is 1. The second-order valence-electron chi connectivity index (χ2n) is 3.43. The summed E-state index contributed by atoms with van der Waals surface area (Å²) in [4.78, 5) is 14.6. The molecule has 0 aliphatic rings. The number of hydrogen-bond acceptors (Lipinski definition) is 5. The van der Waals surface area contributed by atoms with Crippen molar-refractivity contribution in [2.45, 2.75) is 27.2 Å². The van der Waals surface area contributed by atoms with Gasteiger partial charge < -0.3 is 10.6 Å². The Balaban J connectivity index is 2.57. The number of aryl methyl sites for hydroxylation is 1. The Morgan fingerprint density at radius 3 is 2.33 bits per heavy atom. The molecule has 5 nitrogen and oxygen atoms in total. The van der Waals surface area contributed by atoms with Gasteiger partial charge in [0.05, 0.1) is 0 Å². The van der Waals surface area contributed by atoms with E-state index in [1.165, 1.54) is 0 Å². The van der Waals surface area contributed by atoms with Crippen LogP contribution in [0.4, 0.5) is 5.95 Å². The van der Waals surface area contributed by atoms with Gasteiger partial charge >= 0.3 is 0 Å². The molecule has 0 spiro atoms. The maximum Gasteiger partial charge on any atom is 0.223 e. The lowest BCUT2D eigenvalue weighted by Crippen LogP contribution is -2.26. The van der Waals surface area contributed by atoms with E-state index in [1.54, 1.807) is 0 Å². The molecule has 0 aromatic carbocycles. The van der Waals surface area contributed by atoms with Gasteiger partial charge in [-0.25, -0.2) is 4.98 Å². The number of anilines is 1. The molecule has 1 rings (SSSR count). The van der Waals surface area contributed by atoms with E-state index in [9.17, 15) is 0 Å². The first kappa shape index (κ1) is 11.8. The SMILES string of the molecule is CCN(CC)CCc1nc(C)nc(N)n1. The topological polar surface area (TPSA) is 67.9 Å². The number of nitrogen functional groups attached to an aromatic ring is 1. The van der Waals surface area contributed by atoms with Gasteiger partial charge in [0.15, 0.2) is 0 Å². The van der Waals surface area contributed by atoms with Crippen molar-refractivity contribution < 1.29 is 0 Å². The van der Waals surface area contributed by atoms with Crippen molar-refractivity contribution in [3.05, 3.63) is 11.6 Å². The van der Waals surface area contributed by atoms with E-state index < -0.39 is 0 Å². The molecular formula is C10H19N5. The Labute approximate surface area is 90.7 Å². The summed E-state index contributed by atoms with van der Waals surface area (Å²) in [6.45, 7) is 9.20. The highest BCUT2D eigenvalue weighted by molar-refractivity contribution is 5.15. The molecule has 0 saturated heterocycles. The zero-order valence-corrected chi connectivity index (χ0v) is 9.69. The third-order valence-electron chi connectivity index (χ3n) is 2.36. The van der Waals surface area contributed by atoms with Crippen LogP contribution in [0.1, 0.15) is 25.5 Å². The van der Waals surface area contributed by atoms with E-state index in [4.69, 9.17) is 5.73 Å².